The van der Waals surface area contributed by atoms with Crippen LogP contribution in [-0.4, -0.2) is 25.3 Å². The summed E-state index contributed by atoms with van der Waals surface area (Å²) in [4.78, 5) is 0. The van der Waals surface area contributed by atoms with Crippen molar-refractivity contribution < 1.29 is 9.47 Å². The van der Waals surface area contributed by atoms with Gasteiger partial charge in [0.05, 0.1) is 0 Å². The first-order valence-corrected chi connectivity index (χ1v) is 5.13. The summed E-state index contributed by atoms with van der Waals surface area (Å²) in [6, 6.07) is 0. The lowest BCUT2D eigenvalue weighted by Gasteiger charge is -2.24. The standard InChI is InChI=1S/C10H22O2S/c1-8(9(11-4)12-5)6-7-10(2,3)13/h8-9,13H,6-7H2,1-5H3. The molecule has 0 saturated heterocycles. The van der Waals surface area contributed by atoms with E-state index in [0.29, 0.717) is 5.92 Å². The molecule has 0 spiro atoms. The molecule has 0 amide bonds. The maximum atomic E-state index is 5.18. The molecule has 2 nitrogen and oxygen atoms in total. The van der Waals surface area contributed by atoms with Crippen molar-refractivity contribution in [3.8, 4) is 0 Å². The van der Waals surface area contributed by atoms with Crippen LogP contribution in [-0.2, 0) is 9.47 Å². The number of rotatable bonds is 6. The van der Waals surface area contributed by atoms with Crippen molar-refractivity contribution in [3.63, 3.8) is 0 Å². The molecule has 0 aliphatic rings. The van der Waals surface area contributed by atoms with E-state index >= 15 is 0 Å². The minimum absolute atomic E-state index is 0.0873. The topological polar surface area (TPSA) is 18.5 Å². The quantitative estimate of drug-likeness (QED) is 0.532. The Labute approximate surface area is 87.4 Å². The average molecular weight is 206 g/mol. The summed E-state index contributed by atoms with van der Waals surface area (Å²) in [7, 11) is 3.35. The molecule has 0 aliphatic carbocycles. The molecule has 0 aromatic rings. The molecule has 0 saturated carbocycles. The zero-order chi connectivity index (χ0) is 10.5. The van der Waals surface area contributed by atoms with Gasteiger partial charge in [-0.25, -0.2) is 0 Å². The second kappa shape index (κ2) is 5.89. The van der Waals surface area contributed by atoms with E-state index in [0.717, 1.165) is 12.8 Å². The van der Waals surface area contributed by atoms with Crippen LogP contribution >= 0.6 is 12.6 Å². The van der Waals surface area contributed by atoms with Crippen LogP contribution in [0.2, 0.25) is 0 Å². The molecule has 0 bridgehead atoms. The van der Waals surface area contributed by atoms with Gasteiger partial charge in [0.15, 0.2) is 6.29 Å². The lowest BCUT2D eigenvalue weighted by atomic mass is 9.98. The molecule has 80 valence electrons. The Balaban J connectivity index is 3.78. The van der Waals surface area contributed by atoms with E-state index < -0.39 is 0 Å². The smallest absolute Gasteiger partial charge is 0.159 e. The second-order valence-corrected chi connectivity index (χ2v) is 5.38. The molecule has 1 unspecified atom stereocenters. The van der Waals surface area contributed by atoms with Gasteiger partial charge in [0, 0.05) is 24.9 Å². The van der Waals surface area contributed by atoms with Gasteiger partial charge in [-0.3, -0.25) is 0 Å². The third-order valence-corrected chi connectivity index (χ3v) is 2.36. The molecule has 0 radical (unpaired) electrons. The number of hydrogen-bond acceptors (Lipinski definition) is 3. The van der Waals surface area contributed by atoms with Gasteiger partial charge >= 0.3 is 0 Å². The van der Waals surface area contributed by atoms with E-state index in [2.05, 4.69) is 33.4 Å². The van der Waals surface area contributed by atoms with Gasteiger partial charge in [-0.05, 0) is 12.8 Å². The highest BCUT2D eigenvalue weighted by molar-refractivity contribution is 7.81. The predicted octanol–water partition coefficient (Wildman–Crippen LogP) is 2.73. The van der Waals surface area contributed by atoms with Gasteiger partial charge in [-0.15, -0.1) is 0 Å². The molecule has 1 atom stereocenters. The van der Waals surface area contributed by atoms with Gasteiger partial charge in [-0.1, -0.05) is 20.8 Å². The molecule has 0 aromatic heterocycles. The minimum atomic E-state index is -0.0873. The Kier molecular flexibility index (Phi) is 6.01. The third kappa shape index (κ3) is 6.36. The number of methoxy groups -OCH3 is 2. The number of thiol groups is 1. The molecule has 13 heavy (non-hydrogen) atoms. The number of ether oxygens (including phenoxy) is 2. The Morgan fingerprint density at radius 2 is 1.69 bits per heavy atom. The maximum Gasteiger partial charge on any atom is 0.159 e. The zero-order valence-corrected chi connectivity index (χ0v) is 10.2. The predicted molar refractivity (Wildman–Crippen MR) is 59.3 cm³/mol. The highest BCUT2D eigenvalue weighted by atomic mass is 32.1. The van der Waals surface area contributed by atoms with Crippen LogP contribution in [0.15, 0.2) is 0 Å². The summed E-state index contributed by atoms with van der Waals surface area (Å²) < 4.78 is 10.5. The Morgan fingerprint density at radius 3 is 2.00 bits per heavy atom. The van der Waals surface area contributed by atoms with Gasteiger partial charge in [-0.2, -0.15) is 12.6 Å². The van der Waals surface area contributed by atoms with Crippen molar-refractivity contribution in [1.82, 2.24) is 0 Å². The van der Waals surface area contributed by atoms with Crippen LogP contribution in [0.5, 0.6) is 0 Å². The van der Waals surface area contributed by atoms with E-state index in [1.807, 2.05) is 0 Å². The van der Waals surface area contributed by atoms with Gasteiger partial charge < -0.3 is 9.47 Å². The van der Waals surface area contributed by atoms with Crippen molar-refractivity contribution in [1.29, 1.82) is 0 Å². The molecule has 0 heterocycles. The fraction of sp³-hybridized carbons (Fsp3) is 1.00. The van der Waals surface area contributed by atoms with Crippen molar-refractivity contribution in [2.45, 2.75) is 44.6 Å². The maximum absolute atomic E-state index is 5.18. The van der Waals surface area contributed by atoms with Crippen molar-refractivity contribution in [3.05, 3.63) is 0 Å². The van der Waals surface area contributed by atoms with Gasteiger partial charge in [0.25, 0.3) is 0 Å². The van der Waals surface area contributed by atoms with Crippen LogP contribution in [0.25, 0.3) is 0 Å². The van der Waals surface area contributed by atoms with Crippen LogP contribution in [0.1, 0.15) is 33.6 Å². The van der Waals surface area contributed by atoms with E-state index in [-0.39, 0.29) is 11.0 Å². The fourth-order valence-corrected chi connectivity index (χ4v) is 1.41. The molecule has 0 N–H and O–H groups in total. The summed E-state index contributed by atoms with van der Waals surface area (Å²) in [6.45, 7) is 6.38. The van der Waals surface area contributed by atoms with Crippen molar-refractivity contribution in [2.24, 2.45) is 5.92 Å². The van der Waals surface area contributed by atoms with E-state index in [1.165, 1.54) is 0 Å². The van der Waals surface area contributed by atoms with E-state index in [1.54, 1.807) is 14.2 Å². The normalized spacial score (nSPS) is 15.0. The van der Waals surface area contributed by atoms with Crippen LogP contribution in [0.4, 0.5) is 0 Å². The van der Waals surface area contributed by atoms with Crippen molar-refractivity contribution in [2.75, 3.05) is 14.2 Å². The van der Waals surface area contributed by atoms with Gasteiger partial charge in [0.2, 0.25) is 0 Å². The summed E-state index contributed by atoms with van der Waals surface area (Å²) in [6.07, 6.45) is 2.05. The largest absolute Gasteiger partial charge is 0.356 e. The SMILES string of the molecule is COC(OC)C(C)CCC(C)(C)S. The molecule has 0 rings (SSSR count). The zero-order valence-electron chi connectivity index (χ0n) is 9.33. The second-order valence-electron chi connectivity index (χ2n) is 4.17. The fourth-order valence-electron chi connectivity index (χ4n) is 1.28. The molecular formula is C10H22O2S. The lowest BCUT2D eigenvalue weighted by Crippen LogP contribution is -2.24. The summed E-state index contributed by atoms with van der Waals surface area (Å²) in [5.74, 6) is 0.418. The van der Waals surface area contributed by atoms with E-state index in [4.69, 9.17) is 9.47 Å². The first kappa shape index (κ1) is 13.3. The Hall–Kier alpha value is 0.270. The monoisotopic (exact) mass is 206 g/mol. The number of hydrogen-bond donors (Lipinski definition) is 1. The summed E-state index contributed by atoms with van der Waals surface area (Å²) >= 11 is 4.47. The molecule has 0 aromatic carbocycles. The first-order valence-electron chi connectivity index (χ1n) is 4.68. The highest BCUT2D eigenvalue weighted by Crippen LogP contribution is 2.24. The molecule has 0 aliphatic heterocycles. The van der Waals surface area contributed by atoms with Crippen LogP contribution in [0.3, 0.4) is 0 Å². The van der Waals surface area contributed by atoms with Crippen LogP contribution in [0, 0.1) is 5.92 Å². The van der Waals surface area contributed by atoms with E-state index in [9.17, 15) is 0 Å². The highest BCUT2D eigenvalue weighted by Gasteiger charge is 2.19. The summed E-state index contributed by atoms with van der Waals surface area (Å²) in [5.41, 5.74) is 0. The molecular weight excluding hydrogens is 184 g/mol. The molecule has 0 fully saturated rings. The van der Waals surface area contributed by atoms with Gasteiger partial charge in [0.1, 0.15) is 0 Å². The van der Waals surface area contributed by atoms with Crippen LogP contribution < -0.4 is 0 Å². The minimum Gasteiger partial charge on any atom is -0.356 e. The van der Waals surface area contributed by atoms with Crippen molar-refractivity contribution >= 4 is 12.6 Å². The Morgan fingerprint density at radius 1 is 1.23 bits per heavy atom. The first-order chi connectivity index (χ1) is 5.90. The summed E-state index contributed by atoms with van der Waals surface area (Å²) in [5, 5.41) is 0. The average Bonchev–Trinajstić information content (AvgIpc) is 2.02. The lowest BCUT2D eigenvalue weighted by molar-refractivity contribution is -0.134. The molecule has 3 heteroatoms. The third-order valence-electron chi connectivity index (χ3n) is 2.14. The Bertz CT molecular complexity index is 127.